The van der Waals surface area contributed by atoms with Gasteiger partial charge in [0.15, 0.2) is 0 Å². The van der Waals surface area contributed by atoms with Gasteiger partial charge in [-0.05, 0) is 12.8 Å². The van der Waals surface area contributed by atoms with Gasteiger partial charge in [-0.15, -0.1) is 10.2 Å². The molecule has 2 aliphatic rings. The highest BCUT2D eigenvalue weighted by Crippen LogP contribution is 2.30. The summed E-state index contributed by atoms with van der Waals surface area (Å²) in [5.74, 6) is 3.06. The van der Waals surface area contributed by atoms with Crippen LogP contribution in [-0.4, -0.2) is 21.3 Å². The molecule has 0 amide bonds. The molecule has 4 nitrogen and oxygen atoms in total. The van der Waals surface area contributed by atoms with Gasteiger partial charge in [0.25, 0.3) is 0 Å². The van der Waals surface area contributed by atoms with Crippen LogP contribution in [0.1, 0.15) is 62.5 Å². The Bertz CT molecular complexity index is 363. The van der Waals surface area contributed by atoms with Crippen molar-refractivity contribution in [3.8, 4) is 0 Å². The Morgan fingerprint density at radius 2 is 1.76 bits per heavy atom. The van der Waals surface area contributed by atoms with Gasteiger partial charge in [0.05, 0.1) is 6.54 Å². The lowest BCUT2D eigenvalue weighted by Gasteiger charge is -2.22. The average molecular weight is 234 g/mol. The van der Waals surface area contributed by atoms with Crippen molar-refractivity contribution in [3.63, 3.8) is 0 Å². The fourth-order valence-corrected chi connectivity index (χ4v) is 3.13. The molecule has 1 aliphatic carbocycles. The van der Waals surface area contributed by atoms with Crippen molar-refractivity contribution in [2.75, 3.05) is 6.54 Å². The lowest BCUT2D eigenvalue weighted by Crippen LogP contribution is -2.29. The van der Waals surface area contributed by atoms with E-state index in [9.17, 15) is 0 Å². The van der Waals surface area contributed by atoms with Crippen LogP contribution >= 0.6 is 0 Å². The van der Waals surface area contributed by atoms with Crippen LogP contribution in [0, 0.1) is 0 Å². The van der Waals surface area contributed by atoms with Crippen LogP contribution in [0.4, 0.5) is 0 Å². The maximum Gasteiger partial charge on any atom is 0.147 e. The first-order valence-corrected chi connectivity index (χ1v) is 7.08. The fraction of sp³-hybridized carbons (Fsp3) is 0.846. The van der Waals surface area contributed by atoms with Crippen LogP contribution in [0.25, 0.3) is 0 Å². The molecular weight excluding hydrogens is 212 g/mol. The van der Waals surface area contributed by atoms with Crippen LogP contribution in [-0.2, 0) is 13.1 Å². The zero-order valence-corrected chi connectivity index (χ0v) is 10.5. The monoisotopic (exact) mass is 234 g/mol. The molecule has 0 atom stereocenters. The summed E-state index contributed by atoms with van der Waals surface area (Å²) in [5.41, 5.74) is 0. The van der Waals surface area contributed by atoms with Crippen molar-refractivity contribution < 1.29 is 0 Å². The van der Waals surface area contributed by atoms with E-state index in [0.29, 0.717) is 5.92 Å². The summed E-state index contributed by atoms with van der Waals surface area (Å²) in [7, 11) is 0. The predicted octanol–water partition coefficient (Wildman–Crippen LogP) is 2.21. The number of aromatic nitrogens is 3. The van der Waals surface area contributed by atoms with Gasteiger partial charge in [0.1, 0.15) is 11.6 Å². The van der Waals surface area contributed by atoms with Gasteiger partial charge >= 0.3 is 0 Å². The van der Waals surface area contributed by atoms with E-state index < -0.39 is 0 Å². The van der Waals surface area contributed by atoms with Crippen LogP contribution < -0.4 is 5.32 Å². The Kier molecular flexibility index (Phi) is 3.41. The molecule has 94 valence electrons. The summed E-state index contributed by atoms with van der Waals surface area (Å²) >= 11 is 0. The SMILES string of the molecule is C1CCCC(c2nnc3n2CCNC3)CCC1. The van der Waals surface area contributed by atoms with Crippen molar-refractivity contribution in [1.82, 2.24) is 20.1 Å². The summed E-state index contributed by atoms with van der Waals surface area (Å²) < 4.78 is 2.36. The third-order valence-corrected chi connectivity index (χ3v) is 4.12. The van der Waals surface area contributed by atoms with Gasteiger partial charge in [0, 0.05) is 19.0 Å². The van der Waals surface area contributed by atoms with Crippen molar-refractivity contribution in [1.29, 1.82) is 0 Å². The summed E-state index contributed by atoms with van der Waals surface area (Å²) in [4.78, 5) is 0. The van der Waals surface area contributed by atoms with E-state index in [1.807, 2.05) is 0 Å². The largest absolute Gasteiger partial charge is 0.312 e. The lowest BCUT2D eigenvalue weighted by atomic mass is 9.90. The van der Waals surface area contributed by atoms with Gasteiger partial charge in [0.2, 0.25) is 0 Å². The predicted molar refractivity (Wildman–Crippen MR) is 66.8 cm³/mol. The van der Waals surface area contributed by atoms with Gasteiger partial charge in [-0.3, -0.25) is 0 Å². The molecule has 0 radical (unpaired) electrons. The van der Waals surface area contributed by atoms with Crippen LogP contribution in [0.3, 0.4) is 0 Å². The molecule has 2 heterocycles. The first kappa shape index (κ1) is 11.2. The lowest BCUT2D eigenvalue weighted by molar-refractivity contribution is 0.415. The third-order valence-electron chi connectivity index (χ3n) is 4.12. The van der Waals surface area contributed by atoms with E-state index >= 15 is 0 Å². The summed E-state index contributed by atoms with van der Waals surface area (Å²) in [6.07, 6.45) is 9.58. The zero-order chi connectivity index (χ0) is 11.5. The van der Waals surface area contributed by atoms with E-state index in [1.54, 1.807) is 0 Å². The minimum absolute atomic E-state index is 0.662. The normalized spacial score (nSPS) is 22.8. The molecule has 1 aromatic rings. The summed E-state index contributed by atoms with van der Waals surface area (Å²) in [6.45, 7) is 3.00. The van der Waals surface area contributed by atoms with Crippen molar-refractivity contribution in [2.24, 2.45) is 0 Å². The number of rotatable bonds is 1. The number of nitrogens with zero attached hydrogens (tertiary/aromatic N) is 3. The van der Waals surface area contributed by atoms with E-state index in [-0.39, 0.29) is 0 Å². The minimum atomic E-state index is 0.662. The quantitative estimate of drug-likeness (QED) is 0.810. The van der Waals surface area contributed by atoms with Crippen molar-refractivity contribution in [3.05, 3.63) is 11.6 Å². The van der Waals surface area contributed by atoms with E-state index in [4.69, 9.17) is 0 Å². The Balaban J connectivity index is 1.79. The molecule has 1 fully saturated rings. The van der Waals surface area contributed by atoms with Crippen LogP contribution in [0.5, 0.6) is 0 Å². The number of fused-ring (bicyclic) bond motifs is 1. The Morgan fingerprint density at radius 3 is 2.59 bits per heavy atom. The third kappa shape index (κ3) is 2.37. The second-order valence-electron chi connectivity index (χ2n) is 5.34. The highest BCUT2D eigenvalue weighted by Gasteiger charge is 2.22. The second-order valence-corrected chi connectivity index (χ2v) is 5.34. The Labute approximate surface area is 103 Å². The molecule has 0 aromatic carbocycles. The molecule has 1 aliphatic heterocycles. The van der Waals surface area contributed by atoms with E-state index in [1.165, 1.54) is 50.8 Å². The van der Waals surface area contributed by atoms with Gasteiger partial charge in [-0.25, -0.2) is 0 Å². The molecule has 0 unspecified atom stereocenters. The van der Waals surface area contributed by atoms with Gasteiger partial charge in [-0.2, -0.15) is 0 Å². The number of hydrogen-bond acceptors (Lipinski definition) is 3. The molecule has 1 saturated carbocycles. The molecule has 1 N–H and O–H groups in total. The first-order chi connectivity index (χ1) is 8.45. The van der Waals surface area contributed by atoms with Gasteiger partial charge < -0.3 is 9.88 Å². The molecule has 4 heteroatoms. The molecule has 0 spiro atoms. The maximum absolute atomic E-state index is 4.47. The molecule has 0 bridgehead atoms. The average Bonchev–Trinajstić information content (AvgIpc) is 2.73. The Hall–Kier alpha value is -0.900. The molecule has 1 aromatic heterocycles. The highest BCUT2D eigenvalue weighted by atomic mass is 15.3. The number of nitrogens with one attached hydrogen (secondary N) is 1. The zero-order valence-electron chi connectivity index (χ0n) is 10.5. The van der Waals surface area contributed by atoms with Crippen LogP contribution in [0.15, 0.2) is 0 Å². The molecular formula is C13H22N4. The Morgan fingerprint density at radius 1 is 1.00 bits per heavy atom. The molecule has 3 rings (SSSR count). The van der Waals surface area contributed by atoms with Crippen molar-refractivity contribution >= 4 is 0 Å². The molecule has 17 heavy (non-hydrogen) atoms. The minimum Gasteiger partial charge on any atom is -0.312 e. The number of hydrogen-bond donors (Lipinski definition) is 1. The van der Waals surface area contributed by atoms with Gasteiger partial charge in [-0.1, -0.05) is 32.1 Å². The summed E-state index contributed by atoms with van der Waals surface area (Å²) in [5, 5.41) is 12.2. The fourth-order valence-electron chi connectivity index (χ4n) is 3.13. The van der Waals surface area contributed by atoms with Crippen molar-refractivity contribution in [2.45, 2.75) is 64.0 Å². The van der Waals surface area contributed by atoms with E-state index in [0.717, 1.165) is 25.5 Å². The standard InChI is InChI=1S/C13H22N4/c1-2-4-6-11(7-5-3-1)13-16-15-12-10-14-8-9-17(12)13/h11,14H,1-10H2. The smallest absolute Gasteiger partial charge is 0.147 e. The van der Waals surface area contributed by atoms with E-state index in [2.05, 4.69) is 20.1 Å². The highest BCUT2D eigenvalue weighted by molar-refractivity contribution is 5.04. The second kappa shape index (κ2) is 5.17. The maximum atomic E-state index is 4.47. The summed E-state index contributed by atoms with van der Waals surface area (Å²) in [6, 6.07) is 0. The molecule has 0 saturated heterocycles. The van der Waals surface area contributed by atoms with Crippen LogP contribution in [0.2, 0.25) is 0 Å². The topological polar surface area (TPSA) is 42.7 Å². The first-order valence-electron chi connectivity index (χ1n) is 7.08.